The van der Waals surface area contributed by atoms with Crippen LogP contribution in [0.4, 0.5) is 5.69 Å². The molecule has 1 N–H and O–H groups in total. The second kappa shape index (κ2) is 4.34. The SMILES string of the molecule is OC1(CCc2ccc(N3CCCC3)cc2)CC1. The maximum Gasteiger partial charge on any atom is 0.0653 e. The molecule has 2 nitrogen and oxygen atoms in total. The first-order valence-corrected chi connectivity index (χ1v) is 6.82. The molecule has 1 aromatic rings. The average molecular weight is 231 g/mol. The van der Waals surface area contributed by atoms with Gasteiger partial charge in [-0.1, -0.05) is 12.1 Å². The van der Waals surface area contributed by atoms with Crippen molar-refractivity contribution in [3.8, 4) is 0 Å². The molecular weight excluding hydrogens is 210 g/mol. The predicted molar refractivity (Wildman–Crippen MR) is 70.4 cm³/mol. The molecule has 0 atom stereocenters. The number of aliphatic hydroxyl groups is 1. The molecule has 1 aromatic carbocycles. The Morgan fingerprint density at radius 2 is 1.71 bits per heavy atom. The summed E-state index contributed by atoms with van der Waals surface area (Å²) in [6.45, 7) is 2.41. The van der Waals surface area contributed by atoms with Crippen LogP contribution in [-0.2, 0) is 6.42 Å². The lowest BCUT2D eigenvalue weighted by atomic mass is 10.1. The van der Waals surface area contributed by atoms with E-state index < -0.39 is 0 Å². The average Bonchev–Trinajstić information content (AvgIpc) is 2.89. The van der Waals surface area contributed by atoms with Crippen LogP contribution >= 0.6 is 0 Å². The van der Waals surface area contributed by atoms with Gasteiger partial charge in [0.15, 0.2) is 0 Å². The smallest absolute Gasteiger partial charge is 0.0653 e. The molecule has 1 saturated heterocycles. The van der Waals surface area contributed by atoms with Gasteiger partial charge in [0.25, 0.3) is 0 Å². The predicted octanol–water partition coefficient (Wildman–Crippen LogP) is 2.74. The molecule has 0 amide bonds. The van der Waals surface area contributed by atoms with Crippen LogP contribution in [0.5, 0.6) is 0 Å². The van der Waals surface area contributed by atoms with Gasteiger partial charge in [-0.05, 0) is 56.2 Å². The van der Waals surface area contributed by atoms with Crippen LogP contribution in [0.15, 0.2) is 24.3 Å². The highest BCUT2D eigenvalue weighted by molar-refractivity contribution is 5.48. The molecule has 2 fully saturated rings. The van der Waals surface area contributed by atoms with E-state index in [0.717, 1.165) is 25.7 Å². The van der Waals surface area contributed by atoms with Gasteiger partial charge >= 0.3 is 0 Å². The summed E-state index contributed by atoms with van der Waals surface area (Å²) < 4.78 is 0. The first kappa shape index (κ1) is 11.1. The Balaban J connectivity index is 1.59. The fraction of sp³-hybridized carbons (Fsp3) is 0.600. The zero-order valence-corrected chi connectivity index (χ0v) is 10.4. The molecule has 1 aliphatic heterocycles. The van der Waals surface area contributed by atoms with Gasteiger partial charge in [0, 0.05) is 18.8 Å². The molecule has 0 aromatic heterocycles. The quantitative estimate of drug-likeness (QED) is 0.861. The number of rotatable bonds is 4. The second-order valence-electron chi connectivity index (χ2n) is 5.58. The Bertz CT molecular complexity index is 374. The van der Waals surface area contributed by atoms with Crippen LogP contribution in [-0.4, -0.2) is 23.8 Å². The first-order chi connectivity index (χ1) is 8.25. The van der Waals surface area contributed by atoms with E-state index in [1.807, 2.05) is 0 Å². The van der Waals surface area contributed by atoms with Crippen LogP contribution in [0, 0.1) is 0 Å². The van der Waals surface area contributed by atoms with Crippen molar-refractivity contribution >= 4 is 5.69 Å². The Hall–Kier alpha value is -1.02. The summed E-state index contributed by atoms with van der Waals surface area (Å²) in [5.41, 5.74) is 2.40. The van der Waals surface area contributed by atoms with Gasteiger partial charge in [0.1, 0.15) is 0 Å². The monoisotopic (exact) mass is 231 g/mol. The van der Waals surface area contributed by atoms with Gasteiger partial charge in [-0.3, -0.25) is 0 Å². The van der Waals surface area contributed by atoms with Crippen molar-refractivity contribution in [3.05, 3.63) is 29.8 Å². The molecular formula is C15H21NO. The highest BCUT2D eigenvalue weighted by Crippen LogP contribution is 2.39. The molecule has 0 radical (unpaired) electrons. The normalized spacial score (nSPS) is 21.8. The Morgan fingerprint density at radius 3 is 2.29 bits per heavy atom. The number of aryl methyl sites for hydroxylation is 1. The van der Waals surface area contributed by atoms with Crippen molar-refractivity contribution in [2.24, 2.45) is 0 Å². The molecule has 92 valence electrons. The lowest BCUT2D eigenvalue weighted by Gasteiger charge is -2.17. The highest BCUT2D eigenvalue weighted by atomic mass is 16.3. The minimum Gasteiger partial charge on any atom is -0.390 e. The van der Waals surface area contributed by atoms with Gasteiger partial charge in [0.2, 0.25) is 0 Å². The van der Waals surface area contributed by atoms with E-state index in [4.69, 9.17) is 0 Å². The number of hydrogen-bond donors (Lipinski definition) is 1. The second-order valence-corrected chi connectivity index (χ2v) is 5.58. The fourth-order valence-electron chi connectivity index (χ4n) is 2.62. The first-order valence-electron chi connectivity index (χ1n) is 6.82. The lowest BCUT2D eigenvalue weighted by Crippen LogP contribution is -2.17. The van der Waals surface area contributed by atoms with Crippen molar-refractivity contribution in [1.29, 1.82) is 0 Å². The van der Waals surface area contributed by atoms with E-state index in [-0.39, 0.29) is 5.60 Å². The summed E-state index contributed by atoms with van der Waals surface area (Å²) in [5.74, 6) is 0. The summed E-state index contributed by atoms with van der Waals surface area (Å²) in [5, 5.41) is 9.81. The largest absolute Gasteiger partial charge is 0.390 e. The van der Waals surface area contributed by atoms with Crippen LogP contribution in [0.1, 0.15) is 37.7 Å². The van der Waals surface area contributed by atoms with Gasteiger partial charge in [0.05, 0.1) is 5.60 Å². The molecule has 3 rings (SSSR count). The van der Waals surface area contributed by atoms with E-state index in [0.29, 0.717) is 0 Å². The molecule has 1 aliphatic carbocycles. The Labute approximate surface area is 103 Å². The minimum absolute atomic E-state index is 0.312. The van der Waals surface area contributed by atoms with Crippen molar-refractivity contribution < 1.29 is 5.11 Å². The van der Waals surface area contributed by atoms with Crippen molar-refractivity contribution in [3.63, 3.8) is 0 Å². The summed E-state index contributed by atoms with van der Waals surface area (Å²) in [6.07, 6.45) is 6.59. The molecule has 0 bridgehead atoms. The van der Waals surface area contributed by atoms with Crippen LogP contribution in [0.2, 0.25) is 0 Å². The summed E-state index contributed by atoms with van der Waals surface area (Å²) in [6, 6.07) is 8.91. The fourth-order valence-corrected chi connectivity index (χ4v) is 2.62. The molecule has 1 heterocycles. The third-order valence-electron chi connectivity index (χ3n) is 4.11. The van der Waals surface area contributed by atoms with Gasteiger partial charge in [-0.2, -0.15) is 0 Å². The summed E-state index contributed by atoms with van der Waals surface area (Å²) >= 11 is 0. The topological polar surface area (TPSA) is 23.5 Å². The van der Waals surface area contributed by atoms with Crippen molar-refractivity contribution in [2.45, 2.75) is 44.1 Å². The van der Waals surface area contributed by atoms with Gasteiger partial charge in [-0.25, -0.2) is 0 Å². The lowest BCUT2D eigenvalue weighted by molar-refractivity contribution is 0.140. The third kappa shape index (κ3) is 2.63. The highest BCUT2D eigenvalue weighted by Gasteiger charge is 2.39. The van der Waals surface area contributed by atoms with E-state index in [1.54, 1.807) is 0 Å². The number of anilines is 1. The summed E-state index contributed by atoms with van der Waals surface area (Å²) in [7, 11) is 0. The Morgan fingerprint density at radius 1 is 1.06 bits per heavy atom. The molecule has 2 heteroatoms. The standard InChI is InChI=1S/C15H21NO/c17-15(9-10-15)8-7-13-3-5-14(6-4-13)16-11-1-2-12-16/h3-6,17H,1-2,7-12H2. The van der Waals surface area contributed by atoms with E-state index in [1.165, 1.54) is 37.2 Å². The van der Waals surface area contributed by atoms with Gasteiger partial charge < -0.3 is 10.0 Å². The number of nitrogens with zero attached hydrogens (tertiary/aromatic N) is 1. The number of hydrogen-bond acceptors (Lipinski definition) is 2. The maximum atomic E-state index is 9.81. The number of benzene rings is 1. The molecule has 1 saturated carbocycles. The van der Waals surface area contributed by atoms with Crippen LogP contribution in [0.25, 0.3) is 0 Å². The molecule has 17 heavy (non-hydrogen) atoms. The van der Waals surface area contributed by atoms with Crippen molar-refractivity contribution in [1.82, 2.24) is 0 Å². The van der Waals surface area contributed by atoms with Gasteiger partial charge in [-0.15, -0.1) is 0 Å². The zero-order valence-electron chi connectivity index (χ0n) is 10.4. The maximum absolute atomic E-state index is 9.81. The minimum atomic E-state index is -0.312. The van der Waals surface area contributed by atoms with Crippen molar-refractivity contribution in [2.75, 3.05) is 18.0 Å². The third-order valence-corrected chi connectivity index (χ3v) is 4.11. The Kier molecular flexibility index (Phi) is 2.83. The zero-order chi connectivity index (χ0) is 11.7. The van der Waals surface area contributed by atoms with Crippen LogP contribution < -0.4 is 4.90 Å². The summed E-state index contributed by atoms with van der Waals surface area (Å²) in [4.78, 5) is 2.46. The van der Waals surface area contributed by atoms with Crippen LogP contribution in [0.3, 0.4) is 0 Å². The molecule has 2 aliphatic rings. The molecule has 0 unspecified atom stereocenters. The van der Waals surface area contributed by atoms with E-state index in [2.05, 4.69) is 29.2 Å². The molecule has 0 spiro atoms. The van der Waals surface area contributed by atoms with E-state index in [9.17, 15) is 5.11 Å². The van der Waals surface area contributed by atoms with E-state index >= 15 is 0 Å².